The maximum absolute atomic E-state index is 13.5. The molecule has 3 nitrogen and oxygen atoms in total. The zero-order valence-corrected chi connectivity index (χ0v) is 8.13. The van der Waals surface area contributed by atoms with E-state index >= 15 is 0 Å². The molecule has 1 aromatic carbocycles. The summed E-state index contributed by atoms with van der Waals surface area (Å²) in [7, 11) is 0. The van der Waals surface area contributed by atoms with E-state index in [1.54, 1.807) is 24.3 Å². The molecule has 1 aliphatic heterocycles. The highest BCUT2D eigenvalue weighted by atomic mass is 35.5. The van der Waals surface area contributed by atoms with Crippen LogP contribution in [-0.4, -0.2) is 12.3 Å². The summed E-state index contributed by atoms with van der Waals surface area (Å²) in [4.78, 5) is 0. The predicted molar refractivity (Wildman–Crippen MR) is 53.3 cm³/mol. The number of nitrogens with two attached hydrogens (primary N) is 1. The van der Waals surface area contributed by atoms with Crippen LogP contribution in [0.15, 0.2) is 24.3 Å². The molecule has 3 unspecified atom stereocenters. The van der Waals surface area contributed by atoms with E-state index in [0.29, 0.717) is 5.02 Å². The molecular formula is C9H11ClFN3. The first-order valence-corrected chi connectivity index (χ1v) is 4.72. The minimum Gasteiger partial charge on any atom is -0.312 e. The molecule has 1 saturated heterocycles. The maximum Gasteiger partial charge on any atom is 0.150 e. The fourth-order valence-corrected chi connectivity index (χ4v) is 1.62. The molecular weight excluding hydrogens is 205 g/mol. The summed E-state index contributed by atoms with van der Waals surface area (Å²) in [6, 6.07) is 6.63. The number of alkyl halides is 1. The molecule has 3 atom stereocenters. The van der Waals surface area contributed by atoms with E-state index in [9.17, 15) is 4.39 Å². The first-order valence-electron chi connectivity index (χ1n) is 4.34. The molecule has 14 heavy (non-hydrogen) atoms. The van der Waals surface area contributed by atoms with Crippen molar-refractivity contribution in [1.29, 1.82) is 0 Å². The Hall–Kier alpha value is -0.680. The Morgan fingerprint density at radius 2 is 1.86 bits per heavy atom. The van der Waals surface area contributed by atoms with E-state index in [-0.39, 0.29) is 0 Å². The van der Waals surface area contributed by atoms with Crippen LogP contribution in [0.5, 0.6) is 0 Å². The van der Waals surface area contributed by atoms with Crippen molar-refractivity contribution in [2.75, 3.05) is 0 Å². The van der Waals surface area contributed by atoms with Gasteiger partial charge in [0.05, 0.1) is 6.04 Å². The summed E-state index contributed by atoms with van der Waals surface area (Å²) in [6.07, 6.45) is -1.79. The Morgan fingerprint density at radius 1 is 1.21 bits per heavy atom. The van der Waals surface area contributed by atoms with Crippen LogP contribution in [0.25, 0.3) is 0 Å². The van der Waals surface area contributed by atoms with Gasteiger partial charge in [-0.15, -0.1) is 0 Å². The molecule has 0 spiro atoms. The first kappa shape index (κ1) is 9.86. The summed E-state index contributed by atoms with van der Waals surface area (Å²) in [5, 5.41) is 0.638. The van der Waals surface area contributed by atoms with Gasteiger partial charge in [-0.25, -0.2) is 15.2 Å². The van der Waals surface area contributed by atoms with Crippen molar-refractivity contribution in [2.45, 2.75) is 18.4 Å². The third kappa shape index (κ3) is 1.74. The molecule has 1 aliphatic rings. The van der Waals surface area contributed by atoms with Crippen LogP contribution >= 0.6 is 11.6 Å². The van der Waals surface area contributed by atoms with Crippen molar-refractivity contribution in [3.8, 4) is 0 Å². The van der Waals surface area contributed by atoms with E-state index < -0.39 is 18.4 Å². The second kappa shape index (κ2) is 3.82. The maximum atomic E-state index is 13.5. The Labute approximate surface area is 86.4 Å². The normalized spacial score (nSPS) is 32.1. The fraction of sp³-hybridized carbons (Fsp3) is 0.333. The van der Waals surface area contributed by atoms with Crippen molar-refractivity contribution < 1.29 is 4.39 Å². The highest BCUT2D eigenvalue weighted by molar-refractivity contribution is 6.30. The molecule has 0 radical (unpaired) electrons. The number of hydrazine groups is 1. The third-order valence-electron chi connectivity index (χ3n) is 2.30. The minimum absolute atomic E-state index is 0.401. The highest BCUT2D eigenvalue weighted by Crippen LogP contribution is 2.24. The monoisotopic (exact) mass is 215 g/mol. The van der Waals surface area contributed by atoms with Gasteiger partial charge in [-0.05, 0) is 17.7 Å². The lowest BCUT2D eigenvalue weighted by atomic mass is 10.0. The average Bonchev–Trinajstić information content (AvgIpc) is 2.50. The van der Waals surface area contributed by atoms with Gasteiger partial charge >= 0.3 is 0 Å². The molecule has 5 heteroatoms. The van der Waals surface area contributed by atoms with Crippen molar-refractivity contribution in [2.24, 2.45) is 5.73 Å². The summed E-state index contributed by atoms with van der Waals surface area (Å²) < 4.78 is 13.5. The number of benzene rings is 1. The van der Waals surface area contributed by atoms with Gasteiger partial charge < -0.3 is 5.73 Å². The predicted octanol–water partition coefficient (Wildman–Crippen LogP) is 1.11. The summed E-state index contributed by atoms with van der Waals surface area (Å²) in [6.45, 7) is 0. The van der Waals surface area contributed by atoms with Gasteiger partial charge in [-0.2, -0.15) is 0 Å². The van der Waals surface area contributed by atoms with Crippen molar-refractivity contribution in [3.63, 3.8) is 0 Å². The molecule has 0 aromatic heterocycles. The quantitative estimate of drug-likeness (QED) is 0.658. The van der Waals surface area contributed by atoms with E-state index in [1.807, 2.05) is 0 Å². The molecule has 76 valence electrons. The fourth-order valence-electron chi connectivity index (χ4n) is 1.49. The zero-order valence-electron chi connectivity index (χ0n) is 7.37. The van der Waals surface area contributed by atoms with Gasteiger partial charge in [-0.1, -0.05) is 23.7 Å². The molecule has 1 aromatic rings. The standard InChI is InChI=1S/C9H11ClFN3/c10-6-3-1-5(2-4-6)8-7(11)9(12)14-13-8/h1-4,7-9,13-14H,12H2. The topological polar surface area (TPSA) is 50.1 Å². The molecule has 4 N–H and O–H groups in total. The number of hydrogen-bond acceptors (Lipinski definition) is 3. The molecule has 0 amide bonds. The van der Waals surface area contributed by atoms with Crippen molar-refractivity contribution in [1.82, 2.24) is 10.9 Å². The van der Waals surface area contributed by atoms with Crippen LogP contribution < -0.4 is 16.6 Å². The van der Waals surface area contributed by atoms with Crippen LogP contribution in [-0.2, 0) is 0 Å². The lowest BCUT2D eigenvalue weighted by Crippen LogP contribution is -2.39. The van der Waals surface area contributed by atoms with Gasteiger partial charge in [0.2, 0.25) is 0 Å². The van der Waals surface area contributed by atoms with Crippen LogP contribution in [0, 0.1) is 0 Å². The van der Waals surface area contributed by atoms with E-state index in [1.165, 1.54) is 0 Å². The van der Waals surface area contributed by atoms with Crippen molar-refractivity contribution >= 4 is 11.6 Å². The van der Waals surface area contributed by atoms with Gasteiger partial charge in [0, 0.05) is 5.02 Å². The number of halogens is 2. The van der Waals surface area contributed by atoms with Gasteiger partial charge in [0.25, 0.3) is 0 Å². The van der Waals surface area contributed by atoms with Gasteiger partial charge in [0.1, 0.15) is 12.3 Å². The second-order valence-corrected chi connectivity index (χ2v) is 3.72. The smallest absolute Gasteiger partial charge is 0.150 e. The van der Waals surface area contributed by atoms with Crippen LogP contribution in [0.1, 0.15) is 11.6 Å². The van der Waals surface area contributed by atoms with Crippen LogP contribution in [0.3, 0.4) is 0 Å². The van der Waals surface area contributed by atoms with E-state index in [4.69, 9.17) is 17.3 Å². The Balaban J connectivity index is 2.19. The second-order valence-electron chi connectivity index (χ2n) is 3.29. The SMILES string of the molecule is NC1NNC(c2ccc(Cl)cc2)C1F. The van der Waals surface area contributed by atoms with Crippen LogP contribution in [0.2, 0.25) is 5.02 Å². The zero-order chi connectivity index (χ0) is 10.1. The minimum atomic E-state index is -1.13. The molecule has 0 aliphatic carbocycles. The first-order chi connectivity index (χ1) is 6.68. The molecule has 0 bridgehead atoms. The summed E-state index contributed by atoms with van der Waals surface area (Å²) in [5.41, 5.74) is 11.7. The van der Waals surface area contributed by atoms with Gasteiger partial charge in [0.15, 0.2) is 0 Å². The highest BCUT2D eigenvalue weighted by Gasteiger charge is 2.34. The Morgan fingerprint density at radius 3 is 2.36 bits per heavy atom. The van der Waals surface area contributed by atoms with Crippen molar-refractivity contribution in [3.05, 3.63) is 34.9 Å². The number of hydrogen-bond donors (Lipinski definition) is 3. The number of rotatable bonds is 1. The Bertz CT molecular complexity index is 316. The van der Waals surface area contributed by atoms with E-state index in [0.717, 1.165) is 5.56 Å². The van der Waals surface area contributed by atoms with Gasteiger partial charge in [-0.3, -0.25) is 0 Å². The molecule has 1 fully saturated rings. The van der Waals surface area contributed by atoms with Crippen LogP contribution in [0.4, 0.5) is 4.39 Å². The molecule has 2 rings (SSSR count). The Kier molecular flexibility index (Phi) is 2.69. The lowest BCUT2D eigenvalue weighted by Gasteiger charge is -2.13. The summed E-state index contributed by atoms with van der Waals surface area (Å²) >= 11 is 5.73. The number of nitrogens with one attached hydrogen (secondary N) is 2. The third-order valence-corrected chi connectivity index (χ3v) is 2.55. The lowest BCUT2D eigenvalue weighted by molar-refractivity contribution is 0.278. The summed E-state index contributed by atoms with van der Waals surface area (Å²) in [5.74, 6) is 0. The largest absolute Gasteiger partial charge is 0.312 e. The molecule has 1 heterocycles. The van der Waals surface area contributed by atoms with E-state index in [2.05, 4.69) is 10.9 Å². The molecule has 0 saturated carbocycles. The average molecular weight is 216 g/mol.